The maximum atomic E-state index is 13.2. The van der Waals surface area contributed by atoms with Crippen LogP contribution in [0.25, 0.3) is 0 Å². The molecule has 0 aromatic heterocycles. The summed E-state index contributed by atoms with van der Waals surface area (Å²) in [7, 11) is -3.81. The largest absolute Gasteiger partial charge is 0.376 e. The summed E-state index contributed by atoms with van der Waals surface area (Å²) in [5, 5.41) is 2.92. The Hall–Kier alpha value is -2.91. The minimum Gasteiger partial charge on any atom is -0.376 e. The predicted octanol–water partition coefficient (Wildman–Crippen LogP) is 3.00. The van der Waals surface area contributed by atoms with Gasteiger partial charge in [0.2, 0.25) is 5.91 Å². The van der Waals surface area contributed by atoms with Gasteiger partial charge in [-0.1, -0.05) is 23.8 Å². The number of carbonyl (C=O) groups is 2. The number of hydrogen-bond donors (Lipinski definition) is 2. The number of amides is 2. The van der Waals surface area contributed by atoms with Crippen molar-refractivity contribution in [3.63, 3.8) is 0 Å². The molecule has 2 aliphatic heterocycles. The fourth-order valence-electron chi connectivity index (χ4n) is 4.61. The highest BCUT2D eigenvalue weighted by atomic mass is 32.2. The van der Waals surface area contributed by atoms with Crippen LogP contribution < -0.4 is 10.0 Å². The van der Waals surface area contributed by atoms with E-state index in [1.165, 1.54) is 6.07 Å². The molecule has 0 bridgehead atoms. The van der Waals surface area contributed by atoms with Gasteiger partial charge in [-0.15, -0.1) is 0 Å². The lowest BCUT2D eigenvalue weighted by Crippen LogP contribution is -2.47. The molecule has 2 aliphatic rings. The first kappa shape index (κ1) is 24.2. The number of rotatable bonds is 7. The third-order valence-corrected chi connectivity index (χ3v) is 7.87. The molecule has 4 rings (SSSR count). The molecule has 2 fully saturated rings. The van der Waals surface area contributed by atoms with Crippen LogP contribution in [0.2, 0.25) is 0 Å². The molecule has 2 unspecified atom stereocenters. The monoisotopic (exact) mass is 485 g/mol. The lowest BCUT2D eigenvalue weighted by Gasteiger charge is -2.25. The van der Waals surface area contributed by atoms with Gasteiger partial charge in [0.1, 0.15) is 6.04 Å². The average molecular weight is 486 g/mol. The minimum absolute atomic E-state index is 0.0383. The number of benzene rings is 2. The zero-order valence-electron chi connectivity index (χ0n) is 19.5. The van der Waals surface area contributed by atoms with Crippen molar-refractivity contribution >= 4 is 27.5 Å². The molecular weight excluding hydrogens is 454 g/mol. The summed E-state index contributed by atoms with van der Waals surface area (Å²) in [6.07, 6.45) is 3.30. The van der Waals surface area contributed by atoms with E-state index in [0.717, 1.165) is 31.4 Å². The molecule has 0 aliphatic carbocycles. The van der Waals surface area contributed by atoms with Gasteiger partial charge in [-0.3, -0.25) is 14.3 Å². The van der Waals surface area contributed by atoms with Crippen molar-refractivity contribution in [3.8, 4) is 0 Å². The van der Waals surface area contributed by atoms with E-state index >= 15 is 0 Å². The van der Waals surface area contributed by atoms with Crippen molar-refractivity contribution in [1.82, 2.24) is 10.2 Å². The van der Waals surface area contributed by atoms with Crippen LogP contribution in [0.5, 0.6) is 0 Å². The van der Waals surface area contributed by atoms with Crippen molar-refractivity contribution in [3.05, 3.63) is 59.2 Å². The van der Waals surface area contributed by atoms with Crippen LogP contribution >= 0.6 is 0 Å². The zero-order valence-corrected chi connectivity index (χ0v) is 20.4. The first-order valence-corrected chi connectivity index (χ1v) is 13.1. The van der Waals surface area contributed by atoms with Gasteiger partial charge < -0.3 is 15.0 Å². The predicted molar refractivity (Wildman–Crippen MR) is 129 cm³/mol. The Labute approximate surface area is 200 Å². The summed E-state index contributed by atoms with van der Waals surface area (Å²) < 4.78 is 34.0. The number of aryl methyl sites for hydroxylation is 2. The van der Waals surface area contributed by atoms with E-state index in [1.54, 1.807) is 42.2 Å². The van der Waals surface area contributed by atoms with Crippen LogP contribution in [0.3, 0.4) is 0 Å². The summed E-state index contributed by atoms with van der Waals surface area (Å²) in [6.45, 7) is 5.31. The molecule has 34 heavy (non-hydrogen) atoms. The Morgan fingerprint density at radius 3 is 2.65 bits per heavy atom. The van der Waals surface area contributed by atoms with E-state index in [-0.39, 0.29) is 22.8 Å². The lowest BCUT2D eigenvalue weighted by molar-refractivity contribution is -0.125. The maximum Gasteiger partial charge on any atom is 0.262 e. The fourth-order valence-corrected chi connectivity index (χ4v) is 5.89. The molecular formula is C25H31N3O5S. The second kappa shape index (κ2) is 10.1. The second-order valence-electron chi connectivity index (χ2n) is 8.99. The number of likely N-dealkylation sites (tertiary alicyclic amines) is 1. The van der Waals surface area contributed by atoms with Crippen molar-refractivity contribution in [2.45, 2.75) is 56.6 Å². The Morgan fingerprint density at radius 1 is 1.09 bits per heavy atom. The van der Waals surface area contributed by atoms with Crippen molar-refractivity contribution in [1.29, 1.82) is 0 Å². The van der Waals surface area contributed by atoms with Gasteiger partial charge in [-0.25, -0.2) is 8.42 Å². The Balaban J connectivity index is 1.46. The molecule has 2 saturated heterocycles. The van der Waals surface area contributed by atoms with Gasteiger partial charge in [-0.05, 0) is 69.4 Å². The number of carbonyl (C=O) groups excluding carboxylic acids is 2. The molecule has 0 radical (unpaired) electrons. The van der Waals surface area contributed by atoms with E-state index in [2.05, 4.69) is 10.0 Å². The third kappa shape index (κ3) is 5.42. The van der Waals surface area contributed by atoms with E-state index in [9.17, 15) is 18.0 Å². The molecule has 2 heterocycles. The van der Waals surface area contributed by atoms with Crippen LogP contribution in [-0.4, -0.2) is 57.0 Å². The molecule has 2 aromatic rings. The highest BCUT2D eigenvalue weighted by Gasteiger charge is 2.35. The average Bonchev–Trinajstić information content (AvgIpc) is 3.49. The molecule has 2 atom stereocenters. The molecule has 182 valence electrons. The first-order chi connectivity index (χ1) is 16.2. The fraction of sp³-hybridized carbons (Fsp3) is 0.440. The first-order valence-electron chi connectivity index (χ1n) is 11.6. The normalized spacial score (nSPS) is 20.4. The van der Waals surface area contributed by atoms with E-state index in [4.69, 9.17) is 4.74 Å². The van der Waals surface area contributed by atoms with Gasteiger partial charge in [0.25, 0.3) is 15.9 Å². The number of sulfonamides is 1. The number of anilines is 1. The highest BCUT2D eigenvalue weighted by molar-refractivity contribution is 7.92. The molecule has 9 heteroatoms. The molecule has 2 amide bonds. The molecule has 2 aromatic carbocycles. The van der Waals surface area contributed by atoms with Crippen LogP contribution in [-0.2, 0) is 19.6 Å². The second-order valence-corrected chi connectivity index (χ2v) is 10.6. The van der Waals surface area contributed by atoms with Gasteiger partial charge in [0.15, 0.2) is 0 Å². The topological polar surface area (TPSA) is 105 Å². The molecule has 8 nitrogen and oxygen atoms in total. The standard InChI is InChI=1S/C25H31N3O5S/c1-17-10-11-23(18(2)14-17)34(31,32)27-20-7-3-6-19(15-20)25(30)28-12-4-9-22(28)24(29)26-16-21-8-5-13-33-21/h3,6-7,10-11,14-15,21-22,27H,4-5,8-9,12-13,16H2,1-2H3,(H,26,29). The maximum absolute atomic E-state index is 13.2. The number of nitrogens with zero attached hydrogens (tertiary/aromatic N) is 1. The zero-order chi connectivity index (χ0) is 24.3. The summed E-state index contributed by atoms with van der Waals surface area (Å²) in [5.41, 5.74) is 2.25. The smallest absolute Gasteiger partial charge is 0.262 e. The summed E-state index contributed by atoms with van der Waals surface area (Å²) in [4.78, 5) is 27.8. The van der Waals surface area contributed by atoms with E-state index in [1.807, 2.05) is 13.0 Å². The summed E-state index contributed by atoms with van der Waals surface area (Å²) in [5.74, 6) is -0.463. The summed E-state index contributed by atoms with van der Waals surface area (Å²) in [6, 6.07) is 11.0. The Kier molecular flexibility index (Phi) is 7.23. The van der Waals surface area contributed by atoms with Gasteiger partial charge in [-0.2, -0.15) is 0 Å². The number of nitrogens with one attached hydrogen (secondary N) is 2. The van der Waals surface area contributed by atoms with E-state index < -0.39 is 16.1 Å². The Morgan fingerprint density at radius 2 is 1.91 bits per heavy atom. The lowest BCUT2D eigenvalue weighted by atomic mass is 10.1. The number of ether oxygens (including phenoxy) is 1. The van der Waals surface area contributed by atoms with Crippen LogP contribution in [0.15, 0.2) is 47.4 Å². The highest BCUT2D eigenvalue weighted by Crippen LogP contribution is 2.24. The molecule has 2 N–H and O–H groups in total. The SMILES string of the molecule is Cc1ccc(S(=O)(=O)Nc2cccc(C(=O)N3CCCC3C(=O)NCC3CCCO3)c2)c(C)c1. The van der Waals surface area contributed by atoms with Crippen LogP contribution in [0.4, 0.5) is 5.69 Å². The number of hydrogen-bond acceptors (Lipinski definition) is 5. The van der Waals surface area contributed by atoms with Crippen molar-refractivity contribution in [2.24, 2.45) is 0 Å². The van der Waals surface area contributed by atoms with Gasteiger partial charge >= 0.3 is 0 Å². The third-order valence-electron chi connectivity index (χ3n) is 6.33. The van der Waals surface area contributed by atoms with Gasteiger partial charge in [0, 0.05) is 30.9 Å². The van der Waals surface area contributed by atoms with Crippen LogP contribution in [0, 0.1) is 13.8 Å². The minimum atomic E-state index is -3.81. The molecule has 0 spiro atoms. The molecule has 0 saturated carbocycles. The quantitative estimate of drug-likeness (QED) is 0.627. The Bertz CT molecular complexity index is 1170. The van der Waals surface area contributed by atoms with Crippen molar-refractivity contribution in [2.75, 3.05) is 24.4 Å². The summed E-state index contributed by atoms with van der Waals surface area (Å²) >= 11 is 0. The van der Waals surface area contributed by atoms with Gasteiger partial charge in [0.05, 0.1) is 11.0 Å². The van der Waals surface area contributed by atoms with Crippen LogP contribution in [0.1, 0.15) is 47.2 Å². The van der Waals surface area contributed by atoms with E-state index in [0.29, 0.717) is 36.3 Å². The van der Waals surface area contributed by atoms with Crippen molar-refractivity contribution < 1.29 is 22.7 Å².